The summed E-state index contributed by atoms with van der Waals surface area (Å²) in [5.74, 6) is 1.97. The average molecular weight is 263 g/mol. The predicted molar refractivity (Wildman–Crippen MR) is 69.2 cm³/mol. The maximum atomic E-state index is 9.14. The van der Waals surface area contributed by atoms with Crippen LogP contribution < -0.4 is 9.47 Å². The first-order valence-corrected chi connectivity index (χ1v) is 5.98. The molecule has 0 bridgehead atoms. The van der Waals surface area contributed by atoms with E-state index in [1.807, 2.05) is 13.8 Å². The first-order chi connectivity index (χ1) is 9.15. The Labute approximate surface area is 111 Å². The highest BCUT2D eigenvalue weighted by Crippen LogP contribution is 2.29. The number of aromatic nitrogens is 1. The Morgan fingerprint density at radius 1 is 1.26 bits per heavy atom. The molecular weight excluding hydrogens is 246 g/mol. The molecule has 19 heavy (non-hydrogen) atoms. The van der Waals surface area contributed by atoms with Gasteiger partial charge >= 0.3 is 0 Å². The molecule has 5 heteroatoms. The van der Waals surface area contributed by atoms with E-state index in [4.69, 9.17) is 19.1 Å². The molecule has 1 N–H and O–H groups in total. The smallest absolute Gasteiger partial charge is 0.162 e. The molecule has 102 valence electrons. The molecule has 0 radical (unpaired) electrons. The first-order valence-electron chi connectivity index (χ1n) is 5.98. The van der Waals surface area contributed by atoms with E-state index in [-0.39, 0.29) is 6.61 Å². The lowest BCUT2D eigenvalue weighted by Crippen LogP contribution is -2.00. The summed E-state index contributed by atoms with van der Waals surface area (Å²) in [5.41, 5.74) is 2.51. The molecular formula is C14H17NO4. The lowest BCUT2D eigenvalue weighted by Gasteiger charge is -2.11. The number of hydrogen-bond acceptors (Lipinski definition) is 5. The van der Waals surface area contributed by atoms with Crippen molar-refractivity contribution in [3.8, 4) is 11.5 Å². The van der Waals surface area contributed by atoms with Crippen LogP contribution in [0.3, 0.4) is 0 Å². The second kappa shape index (κ2) is 5.75. The van der Waals surface area contributed by atoms with Crippen LogP contribution in [0.15, 0.2) is 22.7 Å². The van der Waals surface area contributed by atoms with Crippen LogP contribution in [-0.2, 0) is 13.2 Å². The molecule has 0 aliphatic heterocycles. The molecule has 1 heterocycles. The molecule has 1 aromatic carbocycles. The summed E-state index contributed by atoms with van der Waals surface area (Å²) in [6, 6.07) is 5.33. The van der Waals surface area contributed by atoms with Crippen LogP contribution in [0, 0.1) is 13.8 Å². The largest absolute Gasteiger partial charge is 0.493 e. The molecule has 0 saturated carbocycles. The Bertz CT molecular complexity index is 543. The molecule has 2 rings (SSSR count). The molecule has 0 atom stereocenters. The molecule has 0 unspecified atom stereocenters. The lowest BCUT2D eigenvalue weighted by molar-refractivity contribution is 0.270. The number of hydrogen-bond donors (Lipinski definition) is 1. The topological polar surface area (TPSA) is 64.7 Å². The van der Waals surface area contributed by atoms with Crippen LogP contribution in [0.1, 0.15) is 22.6 Å². The van der Waals surface area contributed by atoms with Crippen LogP contribution in [0.2, 0.25) is 0 Å². The second-order valence-corrected chi connectivity index (χ2v) is 4.23. The van der Waals surface area contributed by atoms with Crippen molar-refractivity contribution in [1.82, 2.24) is 5.16 Å². The van der Waals surface area contributed by atoms with E-state index in [2.05, 4.69) is 5.16 Å². The number of aliphatic hydroxyl groups excluding tert-OH is 1. The number of aliphatic hydroxyl groups is 1. The van der Waals surface area contributed by atoms with Gasteiger partial charge in [0.25, 0.3) is 0 Å². The van der Waals surface area contributed by atoms with E-state index >= 15 is 0 Å². The maximum absolute atomic E-state index is 9.14. The van der Waals surface area contributed by atoms with Crippen molar-refractivity contribution in [3.63, 3.8) is 0 Å². The van der Waals surface area contributed by atoms with Crippen LogP contribution in [-0.4, -0.2) is 17.4 Å². The quantitative estimate of drug-likeness (QED) is 0.897. The van der Waals surface area contributed by atoms with Gasteiger partial charge in [0.15, 0.2) is 11.5 Å². The van der Waals surface area contributed by atoms with Crippen molar-refractivity contribution >= 4 is 0 Å². The summed E-state index contributed by atoms with van der Waals surface area (Å²) < 4.78 is 16.1. The number of rotatable bonds is 5. The van der Waals surface area contributed by atoms with E-state index in [9.17, 15) is 0 Å². The fraction of sp³-hybridized carbons (Fsp3) is 0.357. The van der Waals surface area contributed by atoms with Gasteiger partial charge in [0.05, 0.1) is 25.0 Å². The Balaban J connectivity index is 2.18. The molecule has 5 nitrogen and oxygen atoms in total. The van der Waals surface area contributed by atoms with Gasteiger partial charge in [0.1, 0.15) is 12.4 Å². The second-order valence-electron chi connectivity index (χ2n) is 4.23. The predicted octanol–water partition coefficient (Wildman–Crippen LogP) is 2.37. The van der Waals surface area contributed by atoms with Gasteiger partial charge in [-0.3, -0.25) is 0 Å². The highest BCUT2D eigenvalue weighted by molar-refractivity contribution is 5.43. The fourth-order valence-corrected chi connectivity index (χ4v) is 1.79. The third kappa shape index (κ3) is 2.88. The van der Waals surface area contributed by atoms with Gasteiger partial charge in [-0.25, -0.2) is 0 Å². The van der Waals surface area contributed by atoms with Gasteiger partial charge in [-0.05, 0) is 31.5 Å². The van der Waals surface area contributed by atoms with E-state index < -0.39 is 0 Å². The maximum Gasteiger partial charge on any atom is 0.162 e. The molecule has 2 aromatic rings. The minimum Gasteiger partial charge on any atom is -0.493 e. The van der Waals surface area contributed by atoms with Crippen molar-refractivity contribution in [1.29, 1.82) is 0 Å². The molecule has 0 amide bonds. The summed E-state index contributed by atoms with van der Waals surface area (Å²) in [6.07, 6.45) is 0. The molecule has 0 aliphatic rings. The average Bonchev–Trinajstić information content (AvgIpc) is 2.75. The molecule has 0 spiro atoms. The van der Waals surface area contributed by atoms with Crippen molar-refractivity contribution in [2.24, 2.45) is 0 Å². The van der Waals surface area contributed by atoms with Crippen LogP contribution >= 0.6 is 0 Å². The van der Waals surface area contributed by atoms with Gasteiger partial charge in [0, 0.05) is 0 Å². The van der Waals surface area contributed by atoms with Gasteiger partial charge in [-0.15, -0.1) is 0 Å². The van der Waals surface area contributed by atoms with Crippen LogP contribution in [0.5, 0.6) is 11.5 Å². The van der Waals surface area contributed by atoms with Crippen LogP contribution in [0.25, 0.3) is 0 Å². The number of aryl methyl sites for hydroxylation is 2. The Morgan fingerprint density at radius 2 is 2.05 bits per heavy atom. The summed E-state index contributed by atoms with van der Waals surface area (Å²) >= 11 is 0. The van der Waals surface area contributed by atoms with Gasteiger partial charge in [-0.2, -0.15) is 0 Å². The standard InChI is InChI=1S/C14H17NO4/c1-9-12(10(2)19-15-9)8-18-14-6-11(7-16)4-5-13(14)17-3/h4-6,16H,7-8H2,1-3H3. The Morgan fingerprint density at radius 3 is 2.63 bits per heavy atom. The zero-order chi connectivity index (χ0) is 13.8. The van der Waals surface area contributed by atoms with E-state index in [0.717, 1.165) is 22.6 Å². The van der Waals surface area contributed by atoms with E-state index in [1.165, 1.54) is 0 Å². The summed E-state index contributed by atoms with van der Waals surface area (Å²) in [6.45, 7) is 4.04. The van der Waals surface area contributed by atoms with Crippen LogP contribution in [0.4, 0.5) is 0 Å². The third-order valence-corrected chi connectivity index (χ3v) is 2.96. The first kappa shape index (κ1) is 13.4. The summed E-state index contributed by atoms with van der Waals surface area (Å²) in [7, 11) is 1.58. The number of benzene rings is 1. The zero-order valence-electron chi connectivity index (χ0n) is 11.3. The molecule has 0 fully saturated rings. The third-order valence-electron chi connectivity index (χ3n) is 2.96. The molecule has 0 aliphatic carbocycles. The highest BCUT2D eigenvalue weighted by atomic mass is 16.5. The van der Waals surface area contributed by atoms with Crippen molar-refractivity contribution in [2.75, 3.05) is 7.11 Å². The minimum absolute atomic E-state index is 0.0360. The fourth-order valence-electron chi connectivity index (χ4n) is 1.79. The summed E-state index contributed by atoms with van der Waals surface area (Å²) in [5, 5.41) is 13.0. The number of ether oxygens (including phenoxy) is 2. The van der Waals surface area contributed by atoms with Gasteiger partial charge in [0.2, 0.25) is 0 Å². The number of methoxy groups -OCH3 is 1. The van der Waals surface area contributed by atoms with Gasteiger partial charge in [-0.1, -0.05) is 11.2 Å². The van der Waals surface area contributed by atoms with Crippen molar-refractivity contribution in [2.45, 2.75) is 27.1 Å². The normalized spacial score (nSPS) is 10.5. The zero-order valence-corrected chi connectivity index (χ0v) is 11.3. The Kier molecular flexibility index (Phi) is 4.06. The minimum atomic E-state index is -0.0360. The SMILES string of the molecule is COc1ccc(CO)cc1OCc1c(C)noc1C. The Hall–Kier alpha value is -2.01. The monoisotopic (exact) mass is 263 g/mol. The van der Waals surface area contributed by atoms with E-state index in [1.54, 1.807) is 25.3 Å². The number of nitrogens with zero attached hydrogens (tertiary/aromatic N) is 1. The molecule has 0 saturated heterocycles. The van der Waals surface area contributed by atoms with Crippen molar-refractivity contribution < 1.29 is 19.1 Å². The van der Waals surface area contributed by atoms with Crippen molar-refractivity contribution in [3.05, 3.63) is 40.8 Å². The lowest BCUT2D eigenvalue weighted by atomic mass is 10.2. The molecule has 1 aromatic heterocycles. The van der Waals surface area contributed by atoms with Gasteiger partial charge < -0.3 is 19.1 Å². The summed E-state index contributed by atoms with van der Waals surface area (Å²) in [4.78, 5) is 0. The highest BCUT2D eigenvalue weighted by Gasteiger charge is 2.12. The van der Waals surface area contributed by atoms with E-state index in [0.29, 0.717) is 18.1 Å².